The minimum Gasteiger partial charge on any atom is -0.321 e. The summed E-state index contributed by atoms with van der Waals surface area (Å²) in [4.78, 5) is 16.0. The quantitative estimate of drug-likeness (QED) is 0.839. The number of carbonyl (C=O) groups excluding carboxylic acids is 1. The number of hydrogen-bond donors (Lipinski definition) is 1. The first-order valence-electron chi connectivity index (χ1n) is 5.26. The molecule has 0 radical (unpaired) electrons. The van der Waals surface area contributed by atoms with Crippen LogP contribution in [0.15, 0.2) is 36.5 Å². The predicted octanol–water partition coefficient (Wildman–Crippen LogP) is 3.39. The van der Waals surface area contributed by atoms with E-state index in [0.29, 0.717) is 14.8 Å². The summed E-state index contributed by atoms with van der Waals surface area (Å²) in [5.74, 6) is -0.651. The molecule has 1 amide bonds. The summed E-state index contributed by atoms with van der Waals surface area (Å²) >= 11 is 1.86. The summed E-state index contributed by atoms with van der Waals surface area (Å²) in [5.41, 5.74) is 1.74. The summed E-state index contributed by atoms with van der Waals surface area (Å²) in [6.45, 7) is 1.84. The molecule has 1 heterocycles. The van der Waals surface area contributed by atoms with Gasteiger partial charge in [-0.25, -0.2) is 4.39 Å². The lowest BCUT2D eigenvalue weighted by Gasteiger charge is -2.07. The van der Waals surface area contributed by atoms with Gasteiger partial charge in [-0.15, -0.1) is 0 Å². The lowest BCUT2D eigenvalue weighted by atomic mass is 10.2. The molecule has 92 valence electrons. The minimum absolute atomic E-state index is 0.300. The molecule has 0 spiro atoms. The maximum Gasteiger partial charge on any atom is 0.257 e. The highest BCUT2D eigenvalue weighted by Gasteiger charge is 2.10. The number of nitrogens with zero attached hydrogens (tertiary/aromatic N) is 1. The van der Waals surface area contributed by atoms with Gasteiger partial charge in [0.15, 0.2) is 0 Å². The maximum absolute atomic E-state index is 13.3. The molecular formula is C13H10FIN2O. The highest BCUT2D eigenvalue weighted by molar-refractivity contribution is 14.1. The van der Waals surface area contributed by atoms with Crippen molar-refractivity contribution in [1.82, 2.24) is 4.98 Å². The van der Waals surface area contributed by atoms with Crippen molar-refractivity contribution in [2.45, 2.75) is 6.92 Å². The average Bonchev–Trinajstić information content (AvgIpc) is 2.36. The van der Waals surface area contributed by atoms with Gasteiger partial charge in [-0.3, -0.25) is 9.78 Å². The van der Waals surface area contributed by atoms with Crippen LogP contribution >= 0.6 is 22.6 Å². The molecule has 0 saturated heterocycles. The summed E-state index contributed by atoms with van der Waals surface area (Å²) in [6.07, 6.45) is 1.50. The van der Waals surface area contributed by atoms with Crippen LogP contribution in [0.4, 0.5) is 10.1 Å². The number of anilines is 1. The Bertz CT molecular complexity index is 584. The molecule has 0 aliphatic rings. The van der Waals surface area contributed by atoms with E-state index in [4.69, 9.17) is 0 Å². The SMILES string of the molecule is Cc1ccc(C(=O)Nc2cccc(F)c2I)cn1. The number of halogens is 2. The first kappa shape index (κ1) is 12.9. The van der Waals surface area contributed by atoms with Gasteiger partial charge in [0.25, 0.3) is 5.91 Å². The monoisotopic (exact) mass is 356 g/mol. The molecule has 5 heteroatoms. The van der Waals surface area contributed by atoms with Crippen LogP contribution in [0.25, 0.3) is 0 Å². The fraction of sp³-hybridized carbons (Fsp3) is 0.0769. The Hall–Kier alpha value is -1.50. The van der Waals surface area contributed by atoms with Crippen molar-refractivity contribution in [1.29, 1.82) is 0 Å². The van der Waals surface area contributed by atoms with E-state index in [1.54, 1.807) is 24.3 Å². The molecule has 0 unspecified atom stereocenters. The van der Waals surface area contributed by atoms with E-state index in [0.717, 1.165) is 5.69 Å². The molecule has 1 aromatic carbocycles. The predicted molar refractivity (Wildman–Crippen MR) is 76.0 cm³/mol. The van der Waals surface area contributed by atoms with Crippen LogP contribution in [-0.2, 0) is 0 Å². The van der Waals surface area contributed by atoms with Crippen molar-refractivity contribution in [2.75, 3.05) is 5.32 Å². The molecule has 0 aliphatic carbocycles. The summed E-state index contributed by atoms with van der Waals surface area (Å²) in [6, 6.07) is 8.00. The average molecular weight is 356 g/mol. The molecule has 3 nitrogen and oxygen atoms in total. The van der Waals surface area contributed by atoms with Gasteiger partial charge in [-0.2, -0.15) is 0 Å². The molecule has 0 fully saturated rings. The smallest absolute Gasteiger partial charge is 0.257 e. The molecule has 2 aromatic rings. The van der Waals surface area contributed by atoms with E-state index >= 15 is 0 Å². The van der Waals surface area contributed by atoms with E-state index < -0.39 is 0 Å². The second kappa shape index (κ2) is 5.43. The zero-order valence-electron chi connectivity index (χ0n) is 9.58. The van der Waals surface area contributed by atoms with Crippen LogP contribution in [0.5, 0.6) is 0 Å². The van der Waals surface area contributed by atoms with Gasteiger partial charge in [-0.1, -0.05) is 6.07 Å². The third kappa shape index (κ3) is 2.84. The molecule has 0 aliphatic heterocycles. The Morgan fingerprint density at radius 2 is 2.11 bits per heavy atom. The van der Waals surface area contributed by atoms with Crippen LogP contribution in [0.2, 0.25) is 0 Å². The van der Waals surface area contributed by atoms with E-state index in [1.165, 1.54) is 12.3 Å². The Morgan fingerprint density at radius 1 is 1.33 bits per heavy atom. The molecule has 18 heavy (non-hydrogen) atoms. The Balaban J connectivity index is 2.21. The number of benzene rings is 1. The van der Waals surface area contributed by atoms with Crippen LogP contribution in [0.1, 0.15) is 16.1 Å². The van der Waals surface area contributed by atoms with Crippen molar-refractivity contribution >= 4 is 34.2 Å². The molecule has 0 bridgehead atoms. The van der Waals surface area contributed by atoms with Crippen molar-refractivity contribution in [3.05, 3.63) is 57.2 Å². The van der Waals surface area contributed by atoms with E-state index in [-0.39, 0.29) is 11.7 Å². The van der Waals surface area contributed by atoms with Crippen molar-refractivity contribution in [3.63, 3.8) is 0 Å². The fourth-order valence-electron chi connectivity index (χ4n) is 1.40. The molecule has 2 rings (SSSR count). The Morgan fingerprint density at radius 3 is 2.78 bits per heavy atom. The normalized spacial score (nSPS) is 10.2. The largest absolute Gasteiger partial charge is 0.321 e. The van der Waals surface area contributed by atoms with Gasteiger partial charge in [0.2, 0.25) is 0 Å². The van der Waals surface area contributed by atoms with Crippen LogP contribution in [0, 0.1) is 16.3 Å². The number of hydrogen-bond acceptors (Lipinski definition) is 2. The number of nitrogens with one attached hydrogen (secondary N) is 1. The molecule has 0 saturated carbocycles. The number of amides is 1. The number of aryl methyl sites for hydroxylation is 1. The molecule has 0 atom stereocenters. The van der Waals surface area contributed by atoms with Crippen molar-refractivity contribution < 1.29 is 9.18 Å². The van der Waals surface area contributed by atoms with E-state index in [9.17, 15) is 9.18 Å². The molecule has 1 aromatic heterocycles. The number of aromatic nitrogens is 1. The summed E-state index contributed by atoms with van der Waals surface area (Å²) in [7, 11) is 0. The number of pyridine rings is 1. The first-order valence-corrected chi connectivity index (χ1v) is 6.34. The zero-order valence-corrected chi connectivity index (χ0v) is 11.7. The topological polar surface area (TPSA) is 42.0 Å². The number of rotatable bonds is 2. The standard InChI is InChI=1S/C13H10FIN2O/c1-8-5-6-9(7-16-8)13(18)17-11-4-2-3-10(14)12(11)15/h2-7H,1H3,(H,17,18). The maximum atomic E-state index is 13.3. The zero-order chi connectivity index (χ0) is 13.1. The van der Waals surface area contributed by atoms with E-state index in [1.807, 2.05) is 29.5 Å². The lowest BCUT2D eigenvalue weighted by Crippen LogP contribution is -2.13. The molecule has 1 N–H and O–H groups in total. The van der Waals surface area contributed by atoms with Gasteiger partial charge < -0.3 is 5.32 Å². The lowest BCUT2D eigenvalue weighted by molar-refractivity contribution is 0.102. The highest BCUT2D eigenvalue weighted by atomic mass is 127. The van der Waals surface area contributed by atoms with Gasteiger partial charge in [0, 0.05) is 11.9 Å². The van der Waals surface area contributed by atoms with Crippen LogP contribution in [-0.4, -0.2) is 10.9 Å². The van der Waals surface area contributed by atoms with E-state index in [2.05, 4.69) is 10.3 Å². The van der Waals surface area contributed by atoms with Crippen LogP contribution < -0.4 is 5.32 Å². The van der Waals surface area contributed by atoms with Crippen molar-refractivity contribution in [2.24, 2.45) is 0 Å². The summed E-state index contributed by atoms with van der Waals surface area (Å²) in [5, 5.41) is 2.66. The number of carbonyl (C=O) groups is 1. The van der Waals surface area contributed by atoms with Gasteiger partial charge in [-0.05, 0) is 53.8 Å². The van der Waals surface area contributed by atoms with Crippen molar-refractivity contribution in [3.8, 4) is 0 Å². The third-order valence-electron chi connectivity index (χ3n) is 2.37. The van der Waals surface area contributed by atoms with Gasteiger partial charge in [0.1, 0.15) is 5.82 Å². The Labute approximate surface area is 118 Å². The highest BCUT2D eigenvalue weighted by Crippen LogP contribution is 2.21. The van der Waals surface area contributed by atoms with Gasteiger partial charge in [0.05, 0.1) is 14.8 Å². The molecular weight excluding hydrogens is 346 g/mol. The second-order valence-corrected chi connectivity index (χ2v) is 4.82. The summed E-state index contributed by atoms with van der Waals surface area (Å²) < 4.78 is 13.7. The van der Waals surface area contributed by atoms with Gasteiger partial charge >= 0.3 is 0 Å². The third-order valence-corrected chi connectivity index (χ3v) is 3.47. The van der Waals surface area contributed by atoms with Crippen LogP contribution in [0.3, 0.4) is 0 Å². The first-order chi connectivity index (χ1) is 8.58. The fourth-order valence-corrected chi connectivity index (χ4v) is 1.89. The Kier molecular flexibility index (Phi) is 3.90. The second-order valence-electron chi connectivity index (χ2n) is 3.74. The minimum atomic E-state index is -0.351.